The number of nitrogens with zero attached hydrogens (tertiary/aromatic N) is 2. The van der Waals surface area contributed by atoms with E-state index in [2.05, 4.69) is 65.2 Å². The van der Waals surface area contributed by atoms with Crippen LogP contribution in [0.4, 0.5) is 5.69 Å². The number of benzene rings is 5. The Morgan fingerprint density at radius 3 is 1.86 bits per heavy atom. The van der Waals surface area contributed by atoms with Gasteiger partial charge in [0.05, 0.1) is 27.8 Å². The zero-order chi connectivity index (χ0) is 24.7. The SMILES string of the molecule is O=C1c2ccccc2C(=O)N1c1ccc(-n2c3ccccc3c3cc4sc5ccccc5c4cc32)cc1. The first-order valence-corrected chi connectivity index (χ1v) is 12.9. The maximum absolute atomic E-state index is 13.0. The highest BCUT2D eigenvalue weighted by molar-refractivity contribution is 7.25. The van der Waals surface area contributed by atoms with Gasteiger partial charge in [0.1, 0.15) is 0 Å². The quantitative estimate of drug-likeness (QED) is 0.229. The van der Waals surface area contributed by atoms with Gasteiger partial charge in [0, 0.05) is 36.6 Å². The number of carbonyl (C=O) groups is 2. The van der Waals surface area contributed by atoms with Crippen LogP contribution >= 0.6 is 11.3 Å². The van der Waals surface area contributed by atoms with Crippen LogP contribution in [0.15, 0.2) is 109 Å². The van der Waals surface area contributed by atoms with E-state index in [0.29, 0.717) is 16.8 Å². The van der Waals surface area contributed by atoms with Crippen LogP contribution in [0.3, 0.4) is 0 Å². The maximum atomic E-state index is 13.0. The molecule has 7 aromatic rings. The first-order valence-electron chi connectivity index (χ1n) is 12.1. The third-order valence-corrected chi connectivity index (χ3v) is 8.46. The minimum Gasteiger partial charge on any atom is -0.309 e. The molecule has 4 nitrogen and oxygen atoms in total. The van der Waals surface area contributed by atoms with Gasteiger partial charge in [0.2, 0.25) is 0 Å². The number of hydrogen-bond donors (Lipinski definition) is 0. The molecule has 1 aliphatic rings. The number of hydrogen-bond acceptors (Lipinski definition) is 3. The highest BCUT2D eigenvalue weighted by atomic mass is 32.1. The van der Waals surface area contributed by atoms with Crippen LogP contribution in [-0.4, -0.2) is 16.4 Å². The first kappa shape index (κ1) is 20.5. The number of para-hydroxylation sites is 1. The monoisotopic (exact) mass is 494 g/mol. The molecule has 1 aliphatic heterocycles. The number of rotatable bonds is 2. The molecular weight excluding hydrogens is 476 g/mol. The van der Waals surface area contributed by atoms with Crippen LogP contribution in [-0.2, 0) is 0 Å². The molecule has 5 aromatic carbocycles. The summed E-state index contributed by atoms with van der Waals surface area (Å²) in [6, 6.07) is 36.2. The zero-order valence-electron chi connectivity index (χ0n) is 19.5. The first-order chi connectivity index (χ1) is 18.2. The summed E-state index contributed by atoms with van der Waals surface area (Å²) in [6.07, 6.45) is 0. The average Bonchev–Trinajstić information content (AvgIpc) is 3.55. The van der Waals surface area contributed by atoms with E-state index in [1.165, 1.54) is 35.8 Å². The van der Waals surface area contributed by atoms with Gasteiger partial charge in [-0.2, -0.15) is 0 Å². The Hall–Kier alpha value is -4.74. The van der Waals surface area contributed by atoms with Crippen LogP contribution in [0, 0.1) is 0 Å². The molecule has 0 atom stereocenters. The highest BCUT2D eigenvalue weighted by Crippen LogP contribution is 2.40. The van der Waals surface area contributed by atoms with Gasteiger partial charge >= 0.3 is 0 Å². The Morgan fingerprint density at radius 2 is 1.11 bits per heavy atom. The average molecular weight is 495 g/mol. The predicted octanol–water partition coefficient (Wildman–Crippen LogP) is 7.95. The number of imide groups is 1. The lowest BCUT2D eigenvalue weighted by atomic mass is 10.1. The van der Waals surface area contributed by atoms with Crippen molar-refractivity contribution in [3.05, 3.63) is 120 Å². The van der Waals surface area contributed by atoms with Crippen molar-refractivity contribution in [2.45, 2.75) is 0 Å². The van der Waals surface area contributed by atoms with Crippen molar-refractivity contribution in [2.75, 3.05) is 4.90 Å². The van der Waals surface area contributed by atoms with Crippen molar-refractivity contribution in [3.8, 4) is 5.69 Å². The van der Waals surface area contributed by atoms with E-state index in [1.54, 1.807) is 24.3 Å². The van der Waals surface area contributed by atoms with Crippen LogP contribution in [0.5, 0.6) is 0 Å². The molecule has 174 valence electrons. The van der Waals surface area contributed by atoms with Crippen molar-refractivity contribution >= 4 is 70.8 Å². The highest BCUT2D eigenvalue weighted by Gasteiger charge is 2.36. The molecule has 2 amide bonds. The third kappa shape index (κ3) is 2.77. The van der Waals surface area contributed by atoms with Crippen molar-refractivity contribution in [2.24, 2.45) is 0 Å². The Morgan fingerprint density at radius 1 is 0.486 bits per heavy atom. The van der Waals surface area contributed by atoms with E-state index in [1.807, 2.05) is 35.6 Å². The number of thiophene rings is 1. The van der Waals surface area contributed by atoms with Gasteiger partial charge in [0.25, 0.3) is 11.8 Å². The normalized spacial score (nSPS) is 13.5. The molecule has 0 aliphatic carbocycles. The van der Waals surface area contributed by atoms with E-state index in [0.717, 1.165) is 16.7 Å². The minimum absolute atomic E-state index is 0.281. The van der Waals surface area contributed by atoms with Crippen LogP contribution in [0.1, 0.15) is 20.7 Å². The predicted molar refractivity (Wildman–Crippen MR) is 151 cm³/mol. The Bertz CT molecular complexity index is 2050. The summed E-state index contributed by atoms with van der Waals surface area (Å²) < 4.78 is 4.83. The van der Waals surface area contributed by atoms with Crippen LogP contribution < -0.4 is 4.90 Å². The number of carbonyl (C=O) groups excluding carboxylic acids is 2. The van der Waals surface area contributed by atoms with Crippen molar-refractivity contribution in [1.29, 1.82) is 0 Å². The summed E-state index contributed by atoms with van der Waals surface area (Å²) in [5, 5.41) is 4.92. The summed E-state index contributed by atoms with van der Waals surface area (Å²) in [5.74, 6) is -0.561. The van der Waals surface area contributed by atoms with E-state index in [4.69, 9.17) is 0 Å². The van der Waals surface area contributed by atoms with Gasteiger partial charge in [-0.15, -0.1) is 11.3 Å². The largest absolute Gasteiger partial charge is 0.309 e. The molecule has 5 heteroatoms. The van der Waals surface area contributed by atoms with Crippen molar-refractivity contribution in [1.82, 2.24) is 4.57 Å². The molecular formula is C32H18N2O2S. The molecule has 2 aromatic heterocycles. The Labute approximate surface area is 215 Å². The third-order valence-electron chi connectivity index (χ3n) is 7.33. The number of aromatic nitrogens is 1. The molecule has 0 spiro atoms. The van der Waals surface area contributed by atoms with E-state index in [-0.39, 0.29) is 11.8 Å². The molecule has 0 fully saturated rings. The van der Waals surface area contributed by atoms with Gasteiger partial charge in [-0.1, -0.05) is 48.5 Å². The standard InChI is InChI=1S/C32H18N2O2S/c35-31-23-9-1-2-10-24(23)32(36)34(31)20-15-13-19(14-16-20)33-27-11-5-3-7-21(27)25-18-30-26(17-28(25)33)22-8-4-6-12-29(22)37-30/h1-18H. The summed E-state index contributed by atoms with van der Waals surface area (Å²) in [7, 11) is 0. The van der Waals surface area contributed by atoms with Gasteiger partial charge in [0.15, 0.2) is 0 Å². The lowest BCUT2D eigenvalue weighted by molar-refractivity contribution is 0.0926. The van der Waals surface area contributed by atoms with E-state index < -0.39 is 0 Å². The number of fused-ring (bicyclic) bond motifs is 7. The molecule has 37 heavy (non-hydrogen) atoms. The van der Waals surface area contributed by atoms with Crippen LogP contribution in [0.25, 0.3) is 47.7 Å². The van der Waals surface area contributed by atoms with Gasteiger partial charge in [-0.25, -0.2) is 4.90 Å². The number of anilines is 1. The molecule has 0 radical (unpaired) electrons. The molecule has 0 saturated carbocycles. The summed E-state index contributed by atoms with van der Waals surface area (Å²) in [4.78, 5) is 27.2. The fourth-order valence-electron chi connectivity index (χ4n) is 5.64. The molecule has 0 N–H and O–H groups in total. The van der Waals surface area contributed by atoms with E-state index >= 15 is 0 Å². The zero-order valence-corrected chi connectivity index (χ0v) is 20.3. The van der Waals surface area contributed by atoms with Gasteiger partial charge < -0.3 is 4.57 Å². The Kier molecular flexibility index (Phi) is 4.08. The topological polar surface area (TPSA) is 42.3 Å². The summed E-state index contributed by atoms with van der Waals surface area (Å²) >= 11 is 1.82. The van der Waals surface area contributed by atoms with Crippen molar-refractivity contribution < 1.29 is 9.59 Å². The van der Waals surface area contributed by atoms with Crippen LogP contribution in [0.2, 0.25) is 0 Å². The lowest BCUT2D eigenvalue weighted by Crippen LogP contribution is -2.29. The Balaban J connectivity index is 1.32. The molecule has 0 saturated heterocycles. The summed E-state index contributed by atoms with van der Waals surface area (Å²) in [6.45, 7) is 0. The van der Waals surface area contributed by atoms with E-state index in [9.17, 15) is 9.59 Å². The second kappa shape index (κ2) is 7.38. The molecule has 0 unspecified atom stereocenters. The number of amides is 2. The fraction of sp³-hybridized carbons (Fsp3) is 0. The molecule has 0 bridgehead atoms. The second-order valence-electron chi connectivity index (χ2n) is 9.32. The van der Waals surface area contributed by atoms with Gasteiger partial charge in [-0.05, 0) is 60.7 Å². The molecule has 3 heterocycles. The molecule has 8 rings (SSSR count). The lowest BCUT2D eigenvalue weighted by Gasteiger charge is -2.15. The summed E-state index contributed by atoms with van der Waals surface area (Å²) in [5.41, 5.74) is 4.70. The second-order valence-corrected chi connectivity index (χ2v) is 10.4. The van der Waals surface area contributed by atoms with Gasteiger partial charge in [-0.3, -0.25) is 9.59 Å². The smallest absolute Gasteiger partial charge is 0.266 e. The fourth-order valence-corrected chi connectivity index (χ4v) is 6.77. The minimum atomic E-state index is -0.281. The maximum Gasteiger partial charge on any atom is 0.266 e. The van der Waals surface area contributed by atoms with Crippen molar-refractivity contribution in [3.63, 3.8) is 0 Å².